The Balaban J connectivity index is 2.83. The van der Waals surface area contributed by atoms with Crippen LogP contribution in [0.5, 0.6) is 0 Å². The van der Waals surface area contributed by atoms with Crippen LogP contribution in [0, 0.1) is 10.1 Å². The average Bonchev–Trinajstić information content (AvgIpc) is 2.79. The number of ether oxygens (including phenoxy) is 1. The first kappa shape index (κ1) is 27.5. The fourth-order valence-electron chi connectivity index (χ4n) is 2.85. The van der Waals surface area contributed by atoms with Crippen molar-refractivity contribution in [2.75, 3.05) is 20.7 Å². The number of unbranched alkanes of at least 4 members (excludes halogenated alkanes) is 1. The van der Waals surface area contributed by atoms with Crippen molar-refractivity contribution in [3.63, 3.8) is 0 Å². The molecule has 0 fully saturated rings. The SMILES string of the molecule is CNCCCC[C@H](NC(=O)c1ccc([N+](=O)[O-])cc1)C(=O)N[C@@H](C)C(=O)N[C@@H](C)C(=O)OC. The highest BCUT2D eigenvalue weighted by molar-refractivity contribution is 5.98. The van der Waals surface area contributed by atoms with Crippen LogP contribution >= 0.6 is 0 Å². The summed E-state index contributed by atoms with van der Waals surface area (Å²) in [5.74, 6) is -2.35. The quantitative estimate of drug-likeness (QED) is 0.139. The second-order valence-corrected chi connectivity index (χ2v) is 7.41. The van der Waals surface area contributed by atoms with E-state index in [1.54, 1.807) is 7.05 Å². The molecule has 0 aliphatic rings. The highest BCUT2D eigenvalue weighted by Gasteiger charge is 2.26. The minimum Gasteiger partial charge on any atom is -0.467 e. The molecule has 3 amide bonds. The molecule has 0 unspecified atom stereocenters. The van der Waals surface area contributed by atoms with Crippen molar-refractivity contribution in [2.45, 2.75) is 51.2 Å². The Hall–Kier alpha value is -3.54. The molecule has 0 saturated heterocycles. The Labute approximate surface area is 192 Å². The van der Waals surface area contributed by atoms with Crippen molar-refractivity contribution in [1.29, 1.82) is 0 Å². The number of carbonyl (C=O) groups is 4. The van der Waals surface area contributed by atoms with Crippen LogP contribution in [0.2, 0.25) is 0 Å². The van der Waals surface area contributed by atoms with Gasteiger partial charge in [0.05, 0.1) is 12.0 Å². The van der Waals surface area contributed by atoms with Gasteiger partial charge in [-0.3, -0.25) is 24.5 Å². The van der Waals surface area contributed by atoms with E-state index in [0.717, 1.165) is 13.0 Å². The number of nitro benzene ring substituents is 1. The molecule has 0 spiro atoms. The molecule has 1 aromatic carbocycles. The first-order valence-corrected chi connectivity index (χ1v) is 10.5. The standard InChI is InChI=1S/C21H31N5O7/c1-13(18(27)24-14(2)21(30)33-4)23-20(29)17(7-5-6-12-22-3)25-19(28)15-8-10-16(11-9-15)26(31)32/h8-11,13-14,17,22H,5-7,12H2,1-4H3,(H,23,29)(H,24,27)(H,25,28)/t13-,14-,17-/m0/s1. The van der Waals surface area contributed by atoms with Crippen molar-refractivity contribution in [3.05, 3.63) is 39.9 Å². The lowest BCUT2D eigenvalue weighted by Crippen LogP contribution is -2.54. The number of rotatable bonds is 13. The van der Waals surface area contributed by atoms with Gasteiger partial charge in [0.1, 0.15) is 18.1 Å². The largest absolute Gasteiger partial charge is 0.467 e. The molecule has 0 heterocycles. The van der Waals surface area contributed by atoms with E-state index < -0.39 is 46.7 Å². The van der Waals surface area contributed by atoms with E-state index in [4.69, 9.17) is 0 Å². The Morgan fingerprint density at radius 1 is 0.970 bits per heavy atom. The Morgan fingerprint density at radius 2 is 1.58 bits per heavy atom. The van der Waals surface area contributed by atoms with Gasteiger partial charge < -0.3 is 26.0 Å². The number of hydrogen-bond acceptors (Lipinski definition) is 8. The van der Waals surface area contributed by atoms with E-state index in [1.807, 2.05) is 0 Å². The van der Waals surface area contributed by atoms with Crippen LogP contribution in [0.15, 0.2) is 24.3 Å². The molecule has 0 aliphatic heterocycles. The molecule has 1 aromatic rings. The van der Waals surface area contributed by atoms with Gasteiger partial charge in [-0.1, -0.05) is 0 Å². The Kier molecular flexibility index (Phi) is 11.5. The van der Waals surface area contributed by atoms with E-state index >= 15 is 0 Å². The predicted molar refractivity (Wildman–Crippen MR) is 119 cm³/mol. The number of non-ortho nitro benzene ring substituents is 1. The maximum atomic E-state index is 12.8. The average molecular weight is 466 g/mol. The van der Waals surface area contributed by atoms with Crippen molar-refractivity contribution in [2.24, 2.45) is 0 Å². The summed E-state index contributed by atoms with van der Waals surface area (Å²) in [6.07, 6.45) is 1.71. The van der Waals surface area contributed by atoms with Crippen LogP contribution in [-0.2, 0) is 19.1 Å². The van der Waals surface area contributed by atoms with Crippen molar-refractivity contribution in [3.8, 4) is 0 Å². The summed E-state index contributed by atoms with van der Waals surface area (Å²) < 4.78 is 4.55. The molecule has 12 nitrogen and oxygen atoms in total. The molecule has 0 bridgehead atoms. The molecule has 4 N–H and O–H groups in total. The zero-order valence-corrected chi connectivity index (χ0v) is 19.2. The molecule has 182 valence electrons. The van der Waals surface area contributed by atoms with Crippen LogP contribution in [-0.4, -0.2) is 67.4 Å². The molecular weight excluding hydrogens is 434 g/mol. The Bertz CT molecular complexity index is 844. The fraction of sp³-hybridized carbons (Fsp3) is 0.524. The highest BCUT2D eigenvalue weighted by Crippen LogP contribution is 2.12. The molecule has 1 rings (SSSR count). The second-order valence-electron chi connectivity index (χ2n) is 7.41. The number of nitrogens with one attached hydrogen (secondary N) is 4. The van der Waals surface area contributed by atoms with Crippen molar-refractivity contribution < 1.29 is 28.8 Å². The molecule has 0 radical (unpaired) electrons. The predicted octanol–water partition coefficient (Wildman–Crippen LogP) is 0.265. The third-order valence-corrected chi connectivity index (χ3v) is 4.80. The smallest absolute Gasteiger partial charge is 0.328 e. The number of benzene rings is 1. The minimum absolute atomic E-state index is 0.158. The molecular formula is C21H31N5O7. The van der Waals surface area contributed by atoms with Crippen LogP contribution in [0.1, 0.15) is 43.5 Å². The minimum atomic E-state index is -0.972. The number of amides is 3. The lowest BCUT2D eigenvalue weighted by atomic mass is 10.1. The zero-order chi connectivity index (χ0) is 25.0. The molecule has 0 aliphatic carbocycles. The fourth-order valence-corrected chi connectivity index (χ4v) is 2.85. The molecule has 3 atom stereocenters. The first-order chi connectivity index (χ1) is 15.6. The van der Waals surface area contributed by atoms with Gasteiger partial charge in [-0.2, -0.15) is 0 Å². The summed E-state index contributed by atoms with van der Waals surface area (Å²) in [4.78, 5) is 59.4. The van der Waals surface area contributed by atoms with E-state index in [0.29, 0.717) is 12.8 Å². The van der Waals surface area contributed by atoms with Gasteiger partial charge >= 0.3 is 5.97 Å². The number of carbonyl (C=O) groups excluding carboxylic acids is 4. The van der Waals surface area contributed by atoms with Gasteiger partial charge in [0.2, 0.25) is 11.8 Å². The van der Waals surface area contributed by atoms with Crippen molar-refractivity contribution in [1.82, 2.24) is 21.3 Å². The summed E-state index contributed by atoms with van der Waals surface area (Å²) in [5.41, 5.74) is 0.000230. The van der Waals surface area contributed by atoms with Crippen molar-refractivity contribution >= 4 is 29.4 Å². The normalized spacial score (nSPS) is 13.2. The van der Waals surface area contributed by atoms with E-state index in [2.05, 4.69) is 26.0 Å². The number of nitrogens with zero attached hydrogens (tertiary/aromatic N) is 1. The van der Waals surface area contributed by atoms with Crippen LogP contribution in [0.4, 0.5) is 5.69 Å². The molecule has 33 heavy (non-hydrogen) atoms. The summed E-state index contributed by atoms with van der Waals surface area (Å²) in [6, 6.07) is 2.21. The monoisotopic (exact) mass is 465 g/mol. The maximum absolute atomic E-state index is 12.8. The number of methoxy groups -OCH3 is 1. The maximum Gasteiger partial charge on any atom is 0.328 e. The van der Waals surface area contributed by atoms with Crippen LogP contribution in [0.3, 0.4) is 0 Å². The number of hydrogen-bond donors (Lipinski definition) is 4. The summed E-state index contributed by atoms with van der Waals surface area (Å²) >= 11 is 0. The van der Waals surface area contributed by atoms with E-state index in [-0.39, 0.29) is 11.3 Å². The van der Waals surface area contributed by atoms with Gasteiger partial charge in [-0.15, -0.1) is 0 Å². The molecule has 0 aromatic heterocycles. The summed E-state index contributed by atoms with van der Waals surface area (Å²) in [5, 5.41) is 21.4. The summed E-state index contributed by atoms with van der Waals surface area (Å²) in [7, 11) is 3.00. The number of esters is 1. The Morgan fingerprint density at radius 3 is 2.12 bits per heavy atom. The van der Waals surface area contributed by atoms with E-state index in [1.165, 1.54) is 45.2 Å². The lowest BCUT2D eigenvalue weighted by Gasteiger charge is -2.22. The second kappa shape index (κ2) is 13.8. The van der Waals surface area contributed by atoms with Gasteiger partial charge in [0.15, 0.2) is 0 Å². The highest BCUT2D eigenvalue weighted by atomic mass is 16.6. The zero-order valence-electron chi connectivity index (χ0n) is 19.2. The summed E-state index contributed by atoms with van der Waals surface area (Å²) in [6.45, 7) is 3.63. The van der Waals surface area contributed by atoms with E-state index in [9.17, 15) is 29.3 Å². The lowest BCUT2D eigenvalue weighted by molar-refractivity contribution is -0.384. The third kappa shape index (κ3) is 9.23. The first-order valence-electron chi connectivity index (χ1n) is 10.5. The van der Waals surface area contributed by atoms with Gasteiger partial charge in [0, 0.05) is 17.7 Å². The van der Waals surface area contributed by atoms with Crippen LogP contribution < -0.4 is 21.3 Å². The third-order valence-electron chi connectivity index (χ3n) is 4.80. The van der Waals surface area contributed by atoms with Crippen LogP contribution in [0.25, 0.3) is 0 Å². The molecule has 0 saturated carbocycles. The number of nitro groups is 1. The topological polar surface area (TPSA) is 169 Å². The van der Waals surface area contributed by atoms with Gasteiger partial charge in [-0.05, 0) is 58.8 Å². The van der Waals surface area contributed by atoms with Gasteiger partial charge in [0.25, 0.3) is 11.6 Å². The van der Waals surface area contributed by atoms with Gasteiger partial charge in [-0.25, -0.2) is 4.79 Å². The molecule has 12 heteroatoms.